The maximum atomic E-state index is 12.7. The quantitative estimate of drug-likeness (QED) is 0.630. The summed E-state index contributed by atoms with van der Waals surface area (Å²) in [6.45, 7) is 6.40. The third-order valence-corrected chi connectivity index (χ3v) is 4.84. The van der Waals surface area contributed by atoms with Gasteiger partial charge in [0.25, 0.3) is 5.91 Å². The summed E-state index contributed by atoms with van der Waals surface area (Å²) in [5.74, 6) is 1.54. The molecule has 1 aromatic carbocycles. The van der Waals surface area contributed by atoms with Crippen molar-refractivity contribution >= 4 is 17.2 Å². The van der Waals surface area contributed by atoms with Crippen molar-refractivity contribution < 1.29 is 14.1 Å². The van der Waals surface area contributed by atoms with E-state index in [2.05, 4.69) is 10.1 Å². The fourth-order valence-corrected chi connectivity index (χ4v) is 3.17. The standard InChI is InChI=1S/C19H21N3O3S/c1-4-22(12-17-20-18(21-25-17)16-10-7-11-26-16)19(23)14(3)24-15-9-6-5-8-13(15)2/h5-11,14H,4,12H2,1-3H3/t14-/m0/s1. The lowest BCUT2D eigenvalue weighted by Crippen LogP contribution is -2.40. The molecule has 0 unspecified atom stereocenters. The van der Waals surface area contributed by atoms with Gasteiger partial charge in [-0.1, -0.05) is 29.4 Å². The van der Waals surface area contributed by atoms with Crippen LogP contribution in [0.25, 0.3) is 10.7 Å². The van der Waals surface area contributed by atoms with Crippen molar-refractivity contribution in [3.8, 4) is 16.5 Å². The monoisotopic (exact) mass is 371 g/mol. The van der Waals surface area contributed by atoms with Gasteiger partial charge in [0.2, 0.25) is 11.7 Å². The Morgan fingerprint density at radius 3 is 2.81 bits per heavy atom. The zero-order chi connectivity index (χ0) is 18.5. The van der Waals surface area contributed by atoms with E-state index in [1.807, 2.05) is 55.6 Å². The molecule has 0 aliphatic rings. The number of benzene rings is 1. The highest BCUT2D eigenvalue weighted by Gasteiger charge is 2.23. The number of aryl methyl sites for hydroxylation is 1. The van der Waals surface area contributed by atoms with Crippen LogP contribution in [0.2, 0.25) is 0 Å². The van der Waals surface area contributed by atoms with Crippen LogP contribution in [0.5, 0.6) is 5.75 Å². The molecular formula is C19H21N3O3S. The number of para-hydroxylation sites is 1. The van der Waals surface area contributed by atoms with Gasteiger partial charge >= 0.3 is 0 Å². The van der Waals surface area contributed by atoms with E-state index in [1.54, 1.807) is 23.2 Å². The van der Waals surface area contributed by atoms with Crippen LogP contribution in [-0.2, 0) is 11.3 Å². The molecule has 2 heterocycles. The first kappa shape index (κ1) is 18.1. The fraction of sp³-hybridized carbons (Fsp3) is 0.316. The lowest BCUT2D eigenvalue weighted by atomic mass is 10.2. The van der Waals surface area contributed by atoms with Gasteiger partial charge in [-0.25, -0.2) is 0 Å². The molecule has 0 aliphatic heterocycles. The maximum Gasteiger partial charge on any atom is 0.263 e. The van der Waals surface area contributed by atoms with E-state index in [0.717, 1.165) is 10.4 Å². The molecule has 7 heteroatoms. The Hall–Kier alpha value is -2.67. The summed E-state index contributed by atoms with van der Waals surface area (Å²) in [5.41, 5.74) is 0.993. The Bertz CT molecular complexity index is 861. The topological polar surface area (TPSA) is 68.5 Å². The number of ether oxygens (including phenoxy) is 1. The van der Waals surface area contributed by atoms with E-state index < -0.39 is 6.10 Å². The van der Waals surface area contributed by atoms with Crippen molar-refractivity contribution in [2.24, 2.45) is 0 Å². The lowest BCUT2D eigenvalue weighted by Gasteiger charge is -2.24. The van der Waals surface area contributed by atoms with Crippen LogP contribution in [0.4, 0.5) is 0 Å². The van der Waals surface area contributed by atoms with E-state index in [0.29, 0.717) is 24.0 Å². The molecule has 26 heavy (non-hydrogen) atoms. The third-order valence-electron chi connectivity index (χ3n) is 3.97. The van der Waals surface area contributed by atoms with Crippen LogP contribution in [0, 0.1) is 6.92 Å². The number of nitrogens with zero attached hydrogens (tertiary/aromatic N) is 3. The minimum Gasteiger partial charge on any atom is -0.481 e. The van der Waals surface area contributed by atoms with Gasteiger partial charge in [0.15, 0.2) is 6.10 Å². The summed E-state index contributed by atoms with van der Waals surface area (Å²) < 4.78 is 11.1. The number of carbonyl (C=O) groups is 1. The highest BCUT2D eigenvalue weighted by atomic mass is 32.1. The van der Waals surface area contributed by atoms with E-state index in [9.17, 15) is 4.79 Å². The third kappa shape index (κ3) is 4.11. The molecule has 3 rings (SSSR count). The van der Waals surface area contributed by atoms with Gasteiger partial charge in [-0.15, -0.1) is 11.3 Å². The molecule has 136 valence electrons. The zero-order valence-electron chi connectivity index (χ0n) is 15.0. The molecule has 0 radical (unpaired) electrons. The SMILES string of the molecule is CCN(Cc1nc(-c2cccs2)no1)C(=O)[C@H](C)Oc1ccccc1C. The molecule has 2 aromatic heterocycles. The fourth-order valence-electron chi connectivity index (χ4n) is 2.52. The van der Waals surface area contributed by atoms with Crippen molar-refractivity contribution in [1.82, 2.24) is 15.0 Å². The van der Waals surface area contributed by atoms with Crippen molar-refractivity contribution in [3.05, 3.63) is 53.2 Å². The predicted octanol–water partition coefficient (Wildman–Crippen LogP) is 3.92. The second-order valence-corrected chi connectivity index (χ2v) is 6.81. The Morgan fingerprint density at radius 1 is 1.31 bits per heavy atom. The summed E-state index contributed by atoms with van der Waals surface area (Å²) in [6.07, 6.45) is -0.601. The first-order valence-corrected chi connectivity index (χ1v) is 9.34. The molecule has 0 saturated heterocycles. The summed E-state index contributed by atoms with van der Waals surface area (Å²) in [7, 11) is 0. The summed E-state index contributed by atoms with van der Waals surface area (Å²) in [5, 5.41) is 5.94. The Kier molecular flexibility index (Phi) is 5.68. The number of rotatable bonds is 7. The van der Waals surface area contributed by atoms with Crippen molar-refractivity contribution in [2.45, 2.75) is 33.4 Å². The van der Waals surface area contributed by atoms with Gasteiger partial charge in [0.1, 0.15) is 12.3 Å². The van der Waals surface area contributed by atoms with Crippen LogP contribution in [0.3, 0.4) is 0 Å². The second kappa shape index (κ2) is 8.14. The lowest BCUT2D eigenvalue weighted by molar-refractivity contribution is -0.138. The van der Waals surface area contributed by atoms with Gasteiger partial charge in [-0.05, 0) is 43.8 Å². The number of aromatic nitrogens is 2. The highest BCUT2D eigenvalue weighted by molar-refractivity contribution is 7.13. The molecule has 0 saturated carbocycles. The first-order chi connectivity index (χ1) is 12.6. The molecule has 0 spiro atoms. The average Bonchev–Trinajstić information content (AvgIpc) is 3.32. The van der Waals surface area contributed by atoms with Crippen LogP contribution in [-0.4, -0.2) is 33.6 Å². The first-order valence-electron chi connectivity index (χ1n) is 8.46. The summed E-state index contributed by atoms with van der Waals surface area (Å²) in [6, 6.07) is 11.5. The van der Waals surface area contributed by atoms with Crippen LogP contribution in [0.1, 0.15) is 25.3 Å². The number of carbonyl (C=O) groups excluding carboxylic acids is 1. The zero-order valence-corrected chi connectivity index (χ0v) is 15.8. The van der Waals surface area contributed by atoms with E-state index >= 15 is 0 Å². The molecule has 3 aromatic rings. The number of thiophene rings is 1. The Balaban J connectivity index is 1.66. The van der Waals surface area contributed by atoms with Gasteiger partial charge in [0, 0.05) is 6.54 Å². The summed E-state index contributed by atoms with van der Waals surface area (Å²) >= 11 is 1.54. The molecule has 1 amide bonds. The smallest absolute Gasteiger partial charge is 0.263 e. The molecule has 0 fully saturated rings. The average molecular weight is 371 g/mol. The van der Waals surface area contributed by atoms with Crippen LogP contribution < -0.4 is 4.74 Å². The number of hydrogen-bond acceptors (Lipinski definition) is 6. The molecular weight excluding hydrogens is 350 g/mol. The maximum absolute atomic E-state index is 12.7. The molecule has 1 atom stereocenters. The van der Waals surface area contributed by atoms with E-state index in [1.165, 1.54) is 0 Å². The van der Waals surface area contributed by atoms with Crippen LogP contribution >= 0.6 is 11.3 Å². The van der Waals surface area contributed by atoms with E-state index in [4.69, 9.17) is 9.26 Å². The molecule has 0 N–H and O–H groups in total. The highest BCUT2D eigenvalue weighted by Crippen LogP contribution is 2.22. The van der Waals surface area contributed by atoms with Gasteiger partial charge in [-0.3, -0.25) is 4.79 Å². The van der Waals surface area contributed by atoms with E-state index in [-0.39, 0.29) is 12.5 Å². The molecule has 6 nitrogen and oxygen atoms in total. The number of amides is 1. The predicted molar refractivity (Wildman–Crippen MR) is 100.0 cm³/mol. The van der Waals surface area contributed by atoms with Crippen LogP contribution in [0.15, 0.2) is 46.3 Å². The number of hydrogen-bond donors (Lipinski definition) is 0. The molecule has 0 aliphatic carbocycles. The van der Waals surface area contributed by atoms with Gasteiger partial charge in [-0.2, -0.15) is 4.98 Å². The minimum absolute atomic E-state index is 0.119. The minimum atomic E-state index is -0.601. The molecule has 0 bridgehead atoms. The van der Waals surface area contributed by atoms with Gasteiger partial charge in [0.05, 0.1) is 4.88 Å². The Morgan fingerprint density at radius 2 is 2.12 bits per heavy atom. The normalized spacial score (nSPS) is 12.0. The number of likely N-dealkylation sites (N-methyl/N-ethyl adjacent to an activating group) is 1. The second-order valence-electron chi connectivity index (χ2n) is 5.87. The van der Waals surface area contributed by atoms with Crippen molar-refractivity contribution in [1.29, 1.82) is 0 Å². The van der Waals surface area contributed by atoms with Gasteiger partial charge < -0.3 is 14.2 Å². The largest absolute Gasteiger partial charge is 0.481 e. The van der Waals surface area contributed by atoms with Crippen molar-refractivity contribution in [3.63, 3.8) is 0 Å². The van der Waals surface area contributed by atoms with Crippen molar-refractivity contribution in [2.75, 3.05) is 6.54 Å². The summed E-state index contributed by atoms with van der Waals surface area (Å²) in [4.78, 5) is 19.7. The Labute approximate surface area is 156 Å².